The first-order valence-corrected chi connectivity index (χ1v) is 9.98. The van der Waals surface area contributed by atoms with E-state index in [9.17, 15) is 18.0 Å². The van der Waals surface area contributed by atoms with Gasteiger partial charge in [0.05, 0.1) is 10.6 Å². The maximum absolute atomic E-state index is 13.0. The van der Waals surface area contributed by atoms with Crippen LogP contribution in [0.25, 0.3) is 6.08 Å². The van der Waals surface area contributed by atoms with Gasteiger partial charge in [0.15, 0.2) is 4.77 Å². The van der Waals surface area contributed by atoms with Crippen LogP contribution in [-0.4, -0.2) is 38.7 Å². The van der Waals surface area contributed by atoms with Crippen molar-refractivity contribution in [2.24, 2.45) is 0 Å². The fourth-order valence-electron chi connectivity index (χ4n) is 3.44. The largest absolute Gasteiger partial charge is 0.417 e. The number of carbonyl (C=O) groups is 1. The van der Waals surface area contributed by atoms with E-state index in [2.05, 4.69) is 10.2 Å². The van der Waals surface area contributed by atoms with Crippen LogP contribution in [0.15, 0.2) is 24.3 Å². The van der Waals surface area contributed by atoms with Crippen molar-refractivity contribution in [2.45, 2.75) is 38.4 Å². The molecule has 0 radical (unpaired) electrons. The zero-order valence-corrected chi connectivity index (χ0v) is 17.2. The van der Waals surface area contributed by atoms with Crippen LogP contribution in [0, 0.1) is 4.77 Å². The molecule has 0 atom stereocenters. The topological polar surface area (TPSA) is 53.9 Å². The van der Waals surface area contributed by atoms with Crippen molar-refractivity contribution in [3.63, 3.8) is 0 Å². The van der Waals surface area contributed by atoms with E-state index in [0.717, 1.165) is 31.3 Å². The van der Waals surface area contributed by atoms with Gasteiger partial charge in [-0.15, -0.1) is 0 Å². The van der Waals surface area contributed by atoms with Crippen LogP contribution < -0.4 is 0 Å². The average molecular weight is 445 g/mol. The van der Waals surface area contributed by atoms with Crippen LogP contribution >= 0.6 is 23.8 Å². The first-order valence-electron chi connectivity index (χ1n) is 9.19. The summed E-state index contributed by atoms with van der Waals surface area (Å²) in [5.74, 6) is 0.879. The number of alkyl halides is 3. The molecule has 0 aliphatic carbocycles. The lowest BCUT2D eigenvalue weighted by atomic mass is 9.95. The minimum Gasteiger partial charge on any atom is -0.339 e. The molecule has 1 aromatic carbocycles. The molecule has 1 amide bonds. The molecule has 1 N–H and O–H groups in total. The molecule has 1 aromatic heterocycles. The fourth-order valence-corrected chi connectivity index (χ4v) is 3.93. The van der Waals surface area contributed by atoms with Crippen LogP contribution in [0.4, 0.5) is 13.2 Å². The molecular weight excluding hydrogens is 425 g/mol. The van der Waals surface area contributed by atoms with Crippen molar-refractivity contribution >= 4 is 35.8 Å². The molecule has 0 unspecified atom stereocenters. The number of hydrogen-bond acceptors (Lipinski definition) is 3. The summed E-state index contributed by atoms with van der Waals surface area (Å²) in [5.41, 5.74) is -0.651. The third kappa shape index (κ3) is 4.90. The molecule has 1 saturated heterocycles. The van der Waals surface area contributed by atoms with E-state index in [1.807, 2.05) is 11.5 Å². The maximum atomic E-state index is 13.0. The van der Waals surface area contributed by atoms with Gasteiger partial charge in [0.25, 0.3) is 0 Å². The Labute approximate surface area is 176 Å². The predicted octanol–water partition coefficient (Wildman–Crippen LogP) is 5.05. The number of hydrogen-bond donors (Lipinski definition) is 1. The standard InChI is InChI=1S/C19H20ClF3N4OS/c1-2-27-17(24-25-18(27)29)13-7-9-26(10-8-13)16(28)6-4-12-3-5-15(20)14(11-12)19(21,22)23/h3-6,11,13H,2,7-10H2,1H3,(H,25,29). The van der Waals surface area contributed by atoms with E-state index in [4.69, 9.17) is 23.8 Å². The van der Waals surface area contributed by atoms with E-state index >= 15 is 0 Å². The van der Waals surface area contributed by atoms with Gasteiger partial charge in [-0.2, -0.15) is 18.3 Å². The molecule has 10 heteroatoms. The van der Waals surface area contributed by atoms with Gasteiger partial charge >= 0.3 is 6.18 Å². The number of benzene rings is 1. The predicted molar refractivity (Wildman–Crippen MR) is 107 cm³/mol. The van der Waals surface area contributed by atoms with Crippen molar-refractivity contribution in [3.05, 3.63) is 51.0 Å². The average Bonchev–Trinajstić information content (AvgIpc) is 3.06. The molecule has 0 saturated carbocycles. The highest BCUT2D eigenvalue weighted by molar-refractivity contribution is 7.71. The summed E-state index contributed by atoms with van der Waals surface area (Å²) in [6, 6.07) is 3.56. The number of aromatic amines is 1. The Kier molecular flexibility index (Phi) is 6.48. The molecule has 5 nitrogen and oxygen atoms in total. The first kappa shape index (κ1) is 21.6. The molecule has 1 aliphatic rings. The van der Waals surface area contributed by atoms with Gasteiger partial charge in [-0.1, -0.05) is 17.7 Å². The second-order valence-corrected chi connectivity index (χ2v) is 7.60. The lowest BCUT2D eigenvalue weighted by molar-refractivity contribution is -0.137. The van der Waals surface area contributed by atoms with E-state index in [-0.39, 0.29) is 22.4 Å². The monoisotopic (exact) mass is 444 g/mol. The highest BCUT2D eigenvalue weighted by Crippen LogP contribution is 2.35. The zero-order valence-electron chi connectivity index (χ0n) is 15.7. The molecule has 0 bridgehead atoms. The summed E-state index contributed by atoms with van der Waals surface area (Å²) in [4.78, 5) is 14.1. The normalized spacial score (nSPS) is 16.0. The number of nitrogens with one attached hydrogen (secondary N) is 1. The number of nitrogens with zero attached hydrogens (tertiary/aromatic N) is 3. The zero-order chi connectivity index (χ0) is 21.2. The molecule has 156 valence electrons. The SMILES string of the molecule is CCn1c(C2CCN(C(=O)C=Cc3ccc(Cl)c(C(F)(F)F)c3)CC2)n[nH]c1=S. The molecule has 2 heterocycles. The Bertz CT molecular complexity index is 975. The van der Waals surface area contributed by atoms with Gasteiger partial charge in [0.1, 0.15) is 5.82 Å². The smallest absolute Gasteiger partial charge is 0.339 e. The van der Waals surface area contributed by atoms with Crippen LogP contribution in [0.2, 0.25) is 5.02 Å². The molecule has 0 spiro atoms. The highest BCUT2D eigenvalue weighted by Gasteiger charge is 2.33. The van der Waals surface area contributed by atoms with Crippen molar-refractivity contribution in [3.8, 4) is 0 Å². The number of rotatable bonds is 4. The second-order valence-electron chi connectivity index (χ2n) is 6.80. The van der Waals surface area contributed by atoms with Gasteiger partial charge in [0, 0.05) is 31.6 Å². The molecule has 29 heavy (non-hydrogen) atoms. The lowest BCUT2D eigenvalue weighted by Crippen LogP contribution is -2.37. The van der Waals surface area contributed by atoms with Crippen LogP contribution in [0.3, 0.4) is 0 Å². The molecule has 3 rings (SSSR count). The molecule has 1 fully saturated rings. The van der Waals surface area contributed by atoms with Gasteiger partial charge < -0.3 is 9.47 Å². The summed E-state index contributed by atoms with van der Waals surface area (Å²) >= 11 is 10.8. The third-order valence-corrected chi connectivity index (χ3v) is 5.63. The van der Waals surface area contributed by atoms with Gasteiger partial charge in [-0.3, -0.25) is 9.89 Å². The van der Waals surface area contributed by atoms with Crippen molar-refractivity contribution in [1.29, 1.82) is 0 Å². The summed E-state index contributed by atoms with van der Waals surface area (Å²) in [5, 5.41) is 6.76. The number of likely N-dealkylation sites (tertiary alicyclic amines) is 1. The summed E-state index contributed by atoms with van der Waals surface area (Å²) in [6.45, 7) is 3.82. The van der Waals surface area contributed by atoms with Crippen LogP contribution in [0.1, 0.15) is 42.6 Å². The molecule has 1 aliphatic heterocycles. The number of halogens is 4. The fraction of sp³-hybridized carbons (Fsp3) is 0.421. The van der Waals surface area contributed by atoms with E-state index in [1.165, 1.54) is 24.3 Å². The summed E-state index contributed by atoms with van der Waals surface area (Å²) < 4.78 is 41.4. The Morgan fingerprint density at radius 1 is 1.38 bits per heavy atom. The highest BCUT2D eigenvalue weighted by atomic mass is 35.5. The van der Waals surface area contributed by atoms with Gasteiger partial charge in [0.2, 0.25) is 5.91 Å². The van der Waals surface area contributed by atoms with E-state index in [0.29, 0.717) is 17.9 Å². The van der Waals surface area contributed by atoms with Crippen LogP contribution in [0.5, 0.6) is 0 Å². The van der Waals surface area contributed by atoms with Crippen molar-refractivity contribution < 1.29 is 18.0 Å². The molecule has 2 aromatic rings. The summed E-state index contributed by atoms with van der Waals surface area (Å²) in [7, 11) is 0. The van der Waals surface area contributed by atoms with Crippen molar-refractivity contribution in [2.75, 3.05) is 13.1 Å². The number of amides is 1. The summed E-state index contributed by atoms with van der Waals surface area (Å²) in [6.07, 6.45) is -0.371. The molecular formula is C19H20ClF3N4OS. The Morgan fingerprint density at radius 3 is 2.69 bits per heavy atom. The Morgan fingerprint density at radius 2 is 2.07 bits per heavy atom. The third-order valence-electron chi connectivity index (χ3n) is 4.99. The van der Waals surface area contributed by atoms with Crippen molar-refractivity contribution in [1.82, 2.24) is 19.7 Å². The van der Waals surface area contributed by atoms with Gasteiger partial charge in [-0.05, 0) is 55.8 Å². The number of aromatic nitrogens is 3. The van der Waals surface area contributed by atoms with Crippen LogP contribution in [-0.2, 0) is 17.5 Å². The first-order chi connectivity index (χ1) is 13.7. The quantitative estimate of drug-likeness (QED) is 0.530. The second kappa shape index (κ2) is 8.71. The van der Waals surface area contributed by atoms with E-state index in [1.54, 1.807) is 4.90 Å². The number of carbonyl (C=O) groups excluding carboxylic acids is 1. The lowest BCUT2D eigenvalue weighted by Gasteiger charge is -2.31. The van der Waals surface area contributed by atoms with E-state index < -0.39 is 11.7 Å². The Hall–Kier alpha value is -2.13. The maximum Gasteiger partial charge on any atom is 0.417 e. The van der Waals surface area contributed by atoms with Gasteiger partial charge in [-0.25, -0.2) is 0 Å². The Balaban J connectivity index is 1.63. The number of H-pyrrole nitrogens is 1. The minimum absolute atomic E-state index is 0.210. The number of piperidine rings is 1. The minimum atomic E-state index is -4.54.